The number of benzene rings is 1. The van der Waals surface area contributed by atoms with E-state index >= 15 is 0 Å². The molecule has 16 heavy (non-hydrogen) atoms. The van der Waals surface area contributed by atoms with Crippen LogP contribution in [0.25, 0.3) is 0 Å². The highest BCUT2D eigenvalue weighted by Crippen LogP contribution is 2.10. The standard InChI is InChI=1S/C15H23N/c1-5-13(4)16(7-3)12-15-10-8-14(6-2)9-11-15/h5,8-11,13H,1,6-7,12H2,2-4H3. The van der Waals surface area contributed by atoms with Crippen molar-refractivity contribution in [2.45, 2.75) is 39.8 Å². The third-order valence-corrected chi connectivity index (χ3v) is 3.14. The number of rotatable bonds is 6. The molecular formula is C15H23N. The van der Waals surface area contributed by atoms with Gasteiger partial charge in [0.05, 0.1) is 0 Å². The molecule has 0 aromatic heterocycles. The van der Waals surface area contributed by atoms with Gasteiger partial charge in [0, 0.05) is 12.6 Å². The number of nitrogens with zero attached hydrogens (tertiary/aromatic N) is 1. The second-order valence-corrected chi connectivity index (χ2v) is 4.21. The van der Waals surface area contributed by atoms with Gasteiger partial charge in [-0.25, -0.2) is 0 Å². The van der Waals surface area contributed by atoms with Gasteiger partial charge in [0.2, 0.25) is 0 Å². The van der Waals surface area contributed by atoms with E-state index in [9.17, 15) is 0 Å². The Kier molecular flexibility index (Phi) is 5.27. The molecule has 0 saturated carbocycles. The Morgan fingerprint density at radius 3 is 2.19 bits per heavy atom. The fourth-order valence-corrected chi connectivity index (χ4v) is 1.81. The van der Waals surface area contributed by atoms with Crippen LogP contribution in [0.2, 0.25) is 0 Å². The van der Waals surface area contributed by atoms with Crippen molar-refractivity contribution in [3.63, 3.8) is 0 Å². The molecular weight excluding hydrogens is 194 g/mol. The smallest absolute Gasteiger partial charge is 0.0250 e. The molecule has 1 aromatic rings. The van der Waals surface area contributed by atoms with Crippen LogP contribution in [0.1, 0.15) is 31.9 Å². The molecule has 0 saturated heterocycles. The van der Waals surface area contributed by atoms with E-state index in [0.29, 0.717) is 6.04 Å². The Bertz CT molecular complexity index is 313. The minimum Gasteiger partial charge on any atom is -0.293 e. The van der Waals surface area contributed by atoms with E-state index in [1.165, 1.54) is 11.1 Å². The Labute approximate surface area is 99.8 Å². The molecule has 0 spiro atoms. The van der Waals surface area contributed by atoms with E-state index < -0.39 is 0 Å². The highest BCUT2D eigenvalue weighted by Gasteiger charge is 2.08. The van der Waals surface area contributed by atoms with Crippen LogP contribution in [0.15, 0.2) is 36.9 Å². The van der Waals surface area contributed by atoms with Crippen LogP contribution >= 0.6 is 0 Å². The van der Waals surface area contributed by atoms with Crippen molar-refractivity contribution in [2.24, 2.45) is 0 Å². The lowest BCUT2D eigenvalue weighted by Crippen LogP contribution is -2.30. The first-order valence-electron chi connectivity index (χ1n) is 6.15. The third kappa shape index (κ3) is 3.49. The van der Waals surface area contributed by atoms with Gasteiger partial charge in [-0.3, -0.25) is 4.90 Å². The Morgan fingerprint density at radius 1 is 1.19 bits per heavy atom. The van der Waals surface area contributed by atoms with Gasteiger partial charge >= 0.3 is 0 Å². The highest BCUT2D eigenvalue weighted by molar-refractivity contribution is 5.22. The Balaban J connectivity index is 2.66. The first-order chi connectivity index (χ1) is 7.71. The van der Waals surface area contributed by atoms with Gasteiger partial charge in [-0.05, 0) is 31.0 Å². The molecule has 0 aliphatic rings. The number of hydrogen-bond donors (Lipinski definition) is 0. The van der Waals surface area contributed by atoms with Crippen molar-refractivity contribution in [1.82, 2.24) is 4.90 Å². The van der Waals surface area contributed by atoms with Gasteiger partial charge in [0.1, 0.15) is 0 Å². The zero-order valence-electron chi connectivity index (χ0n) is 10.7. The second-order valence-electron chi connectivity index (χ2n) is 4.21. The topological polar surface area (TPSA) is 3.24 Å². The number of likely N-dealkylation sites (N-methyl/N-ethyl adjacent to an activating group) is 1. The predicted molar refractivity (Wildman–Crippen MR) is 71.6 cm³/mol. The van der Waals surface area contributed by atoms with Crippen molar-refractivity contribution < 1.29 is 0 Å². The molecule has 0 fully saturated rings. The lowest BCUT2D eigenvalue weighted by Gasteiger charge is -2.25. The molecule has 0 aliphatic heterocycles. The summed E-state index contributed by atoms with van der Waals surface area (Å²) in [7, 11) is 0. The summed E-state index contributed by atoms with van der Waals surface area (Å²) in [5.41, 5.74) is 2.79. The van der Waals surface area contributed by atoms with Crippen LogP contribution < -0.4 is 0 Å². The highest BCUT2D eigenvalue weighted by atomic mass is 15.1. The zero-order chi connectivity index (χ0) is 12.0. The van der Waals surface area contributed by atoms with Gasteiger partial charge < -0.3 is 0 Å². The van der Waals surface area contributed by atoms with E-state index in [2.05, 4.69) is 56.5 Å². The maximum atomic E-state index is 3.86. The summed E-state index contributed by atoms with van der Waals surface area (Å²) in [6.07, 6.45) is 3.12. The molecule has 1 atom stereocenters. The molecule has 0 aliphatic carbocycles. The quantitative estimate of drug-likeness (QED) is 0.657. The summed E-state index contributed by atoms with van der Waals surface area (Å²) in [6.45, 7) is 12.5. The predicted octanol–water partition coefficient (Wildman–Crippen LogP) is 3.65. The van der Waals surface area contributed by atoms with Crippen LogP contribution in [0.5, 0.6) is 0 Å². The minimum atomic E-state index is 0.441. The lowest BCUT2D eigenvalue weighted by atomic mass is 10.1. The van der Waals surface area contributed by atoms with Crippen LogP contribution in [-0.4, -0.2) is 17.5 Å². The number of aryl methyl sites for hydroxylation is 1. The summed E-state index contributed by atoms with van der Waals surface area (Å²) in [5.74, 6) is 0. The monoisotopic (exact) mass is 217 g/mol. The summed E-state index contributed by atoms with van der Waals surface area (Å²) < 4.78 is 0. The zero-order valence-corrected chi connectivity index (χ0v) is 10.7. The van der Waals surface area contributed by atoms with Crippen molar-refractivity contribution in [1.29, 1.82) is 0 Å². The van der Waals surface area contributed by atoms with Crippen molar-refractivity contribution >= 4 is 0 Å². The maximum absolute atomic E-state index is 3.86. The Hall–Kier alpha value is -1.08. The average Bonchev–Trinajstić information content (AvgIpc) is 2.35. The molecule has 88 valence electrons. The van der Waals surface area contributed by atoms with Gasteiger partial charge in [-0.15, -0.1) is 6.58 Å². The molecule has 1 nitrogen and oxygen atoms in total. The average molecular weight is 217 g/mol. The molecule has 1 aromatic carbocycles. The van der Waals surface area contributed by atoms with E-state index in [-0.39, 0.29) is 0 Å². The lowest BCUT2D eigenvalue weighted by molar-refractivity contribution is 0.245. The Morgan fingerprint density at radius 2 is 1.75 bits per heavy atom. The van der Waals surface area contributed by atoms with Crippen LogP contribution in [0.3, 0.4) is 0 Å². The van der Waals surface area contributed by atoms with E-state index in [1.807, 2.05) is 6.08 Å². The number of hydrogen-bond acceptors (Lipinski definition) is 1. The van der Waals surface area contributed by atoms with Gasteiger partial charge in [0.15, 0.2) is 0 Å². The molecule has 1 rings (SSSR count). The fourth-order valence-electron chi connectivity index (χ4n) is 1.81. The fraction of sp³-hybridized carbons (Fsp3) is 0.467. The molecule has 1 heteroatoms. The maximum Gasteiger partial charge on any atom is 0.0250 e. The molecule has 0 radical (unpaired) electrons. The van der Waals surface area contributed by atoms with E-state index in [4.69, 9.17) is 0 Å². The van der Waals surface area contributed by atoms with Crippen LogP contribution in [-0.2, 0) is 13.0 Å². The molecule has 0 bridgehead atoms. The van der Waals surface area contributed by atoms with Gasteiger partial charge in [0.25, 0.3) is 0 Å². The summed E-state index contributed by atoms with van der Waals surface area (Å²) in [5, 5.41) is 0. The molecule has 0 amide bonds. The van der Waals surface area contributed by atoms with E-state index in [0.717, 1.165) is 19.5 Å². The van der Waals surface area contributed by atoms with E-state index in [1.54, 1.807) is 0 Å². The first-order valence-corrected chi connectivity index (χ1v) is 6.15. The van der Waals surface area contributed by atoms with Crippen LogP contribution in [0, 0.1) is 0 Å². The van der Waals surface area contributed by atoms with Crippen molar-refractivity contribution in [3.8, 4) is 0 Å². The van der Waals surface area contributed by atoms with Gasteiger partial charge in [-0.1, -0.05) is 44.2 Å². The van der Waals surface area contributed by atoms with Gasteiger partial charge in [-0.2, -0.15) is 0 Å². The summed E-state index contributed by atoms with van der Waals surface area (Å²) >= 11 is 0. The summed E-state index contributed by atoms with van der Waals surface area (Å²) in [6, 6.07) is 9.36. The normalized spacial score (nSPS) is 12.8. The van der Waals surface area contributed by atoms with Crippen molar-refractivity contribution in [2.75, 3.05) is 6.54 Å². The first kappa shape index (κ1) is 13.0. The van der Waals surface area contributed by atoms with Crippen molar-refractivity contribution in [3.05, 3.63) is 48.0 Å². The summed E-state index contributed by atoms with van der Waals surface area (Å²) in [4.78, 5) is 2.41. The molecule has 0 heterocycles. The minimum absolute atomic E-state index is 0.441. The molecule has 1 unspecified atom stereocenters. The SMILES string of the molecule is C=CC(C)N(CC)Cc1ccc(CC)cc1. The molecule has 0 N–H and O–H groups in total. The second kappa shape index (κ2) is 6.49. The van der Waals surface area contributed by atoms with Crippen LogP contribution in [0.4, 0.5) is 0 Å². The largest absolute Gasteiger partial charge is 0.293 e. The third-order valence-electron chi connectivity index (χ3n) is 3.14.